The third kappa shape index (κ3) is 4.72. The molecule has 1 aromatic heterocycles. The van der Waals surface area contributed by atoms with Crippen LogP contribution in [0.15, 0.2) is 60.0 Å². The van der Waals surface area contributed by atoms with E-state index >= 15 is 0 Å². The Labute approximate surface area is 206 Å². The Morgan fingerprint density at radius 2 is 1.83 bits per heavy atom. The van der Waals surface area contributed by atoms with Crippen LogP contribution < -0.4 is 0 Å². The van der Waals surface area contributed by atoms with Gasteiger partial charge in [0.2, 0.25) is 5.91 Å². The molecule has 1 fully saturated rings. The fourth-order valence-corrected chi connectivity index (χ4v) is 5.70. The van der Waals surface area contributed by atoms with E-state index in [1.807, 2.05) is 41.5 Å². The summed E-state index contributed by atoms with van der Waals surface area (Å²) in [7, 11) is 0. The minimum atomic E-state index is -4.54. The highest BCUT2D eigenvalue weighted by Crippen LogP contribution is 2.39. The van der Waals surface area contributed by atoms with E-state index in [1.54, 1.807) is 11.3 Å². The summed E-state index contributed by atoms with van der Waals surface area (Å²) < 4.78 is 39.6. The molecule has 0 N–H and O–H groups in total. The zero-order valence-corrected chi connectivity index (χ0v) is 20.0. The van der Waals surface area contributed by atoms with Gasteiger partial charge in [-0.1, -0.05) is 30.3 Å². The number of halogens is 3. The van der Waals surface area contributed by atoms with Gasteiger partial charge in [-0.05, 0) is 72.5 Å². The van der Waals surface area contributed by atoms with E-state index in [4.69, 9.17) is 0 Å². The lowest BCUT2D eigenvalue weighted by molar-refractivity contribution is -0.137. The molecule has 2 amide bonds. The van der Waals surface area contributed by atoms with E-state index in [-0.39, 0.29) is 30.1 Å². The summed E-state index contributed by atoms with van der Waals surface area (Å²) in [5.74, 6) is -0.727. The van der Waals surface area contributed by atoms with Crippen LogP contribution in [0.3, 0.4) is 0 Å². The summed E-state index contributed by atoms with van der Waals surface area (Å²) in [6.07, 6.45) is -2.31. The van der Waals surface area contributed by atoms with Crippen LogP contribution in [0.25, 0.3) is 0 Å². The molecule has 8 heteroatoms. The Hall–Kier alpha value is -3.13. The van der Waals surface area contributed by atoms with Crippen molar-refractivity contribution in [2.75, 3.05) is 13.1 Å². The van der Waals surface area contributed by atoms with Crippen LogP contribution in [0.4, 0.5) is 13.2 Å². The third-order valence-corrected chi connectivity index (χ3v) is 7.76. The van der Waals surface area contributed by atoms with Crippen LogP contribution in [0.5, 0.6) is 0 Å². The summed E-state index contributed by atoms with van der Waals surface area (Å²) in [5, 5.41) is 2.04. The Morgan fingerprint density at radius 3 is 2.54 bits per heavy atom. The Bertz CT molecular complexity index is 1270. The second kappa shape index (κ2) is 9.15. The molecule has 1 unspecified atom stereocenters. The first-order chi connectivity index (χ1) is 16.7. The molecule has 0 bridgehead atoms. The molecule has 182 valence electrons. The Kier molecular flexibility index (Phi) is 6.17. The summed E-state index contributed by atoms with van der Waals surface area (Å²) in [4.78, 5) is 31.5. The number of alkyl halides is 3. The number of rotatable bonds is 5. The molecule has 5 rings (SSSR count). The predicted octanol–water partition coefficient (Wildman–Crippen LogP) is 5.85. The topological polar surface area (TPSA) is 40.6 Å². The van der Waals surface area contributed by atoms with Gasteiger partial charge < -0.3 is 9.80 Å². The van der Waals surface area contributed by atoms with Gasteiger partial charge in [0.1, 0.15) is 6.54 Å². The fourth-order valence-electron chi connectivity index (χ4n) is 4.80. The van der Waals surface area contributed by atoms with Gasteiger partial charge in [-0.3, -0.25) is 9.59 Å². The molecule has 0 radical (unpaired) electrons. The van der Waals surface area contributed by atoms with Crippen molar-refractivity contribution < 1.29 is 22.8 Å². The molecule has 1 aliphatic carbocycles. The van der Waals surface area contributed by atoms with E-state index in [0.29, 0.717) is 6.54 Å². The maximum Gasteiger partial charge on any atom is 0.416 e. The smallest absolute Gasteiger partial charge is 0.330 e. The second-order valence-corrected chi connectivity index (χ2v) is 10.1. The molecular formula is C27H25F3N2O2S. The van der Waals surface area contributed by atoms with Crippen LogP contribution in [-0.2, 0) is 17.4 Å². The van der Waals surface area contributed by atoms with E-state index < -0.39 is 17.6 Å². The van der Waals surface area contributed by atoms with E-state index in [9.17, 15) is 22.8 Å². The summed E-state index contributed by atoms with van der Waals surface area (Å²) in [6, 6.07) is 14.1. The minimum Gasteiger partial charge on any atom is -0.330 e. The first-order valence-electron chi connectivity index (χ1n) is 11.6. The van der Waals surface area contributed by atoms with Crippen molar-refractivity contribution >= 4 is 23.2 Å². The molecule has 0 saturated heterocycles. The molecule has 2 aromatic carbocycles. The molecule has 0 spiro atoms. The van der Waals surface area contributed by atoms with Gasteiger partial charge in [0.25, 0.3) is 5.91 Å². The third-order valence-electron chi connectivity index (χ3n) is 6.76. The molecule has 2 aliphatic rings. The summed E-state index contributed by atoms with van der Waals surface area (Å²) in [5.41, 5.74) is 2.31. The first kappa shape index (κ1) is 23.6. The zero-order valence-electron chi connectivity index (χ0n) is 19.2. The van der Waals surface area contributed by atoms with Crippen LogP contribution in [-0.4, -0.2) is 40.7 Å². The maximum absolute atomic E-state index is 13.7. The van der Waals surface area contributed by atoms with Crippen molar-refractivity contribution in [3.63, 3.8) is 0 Å². The molecule has 1 atom stereocenters. The minimum absolute atomic E-state index is 0.0475. The van der Waals surface area contributed by atoms with Crippen molar-refractivity contribution in [3.8, 4) is 0 Å². The van der Waals surface area contributed by atoms with Crippen LogP contribution in [0.2, 0.25) is 0 Å². The number of carbonyl (C=O) groups excluding carboxylic acids is 2. The lowest BCUT2D eigenvalue weighted by Gasteiger charge is -2.38. The van der Waals surface area contributed by atoms with Crippen molar-refractivity contribution in [2.24, 2.45) is 0 Å². The van der Waals surface area contributed by atoms with Gasteiger partial charge in [-0.15, -0.1) is 11.3 Å². The van der Waals surface area contributed by atoms with E-state index in [2.05, 4.69) is 6.07 Å². The average Bonchev–Trinajstić information content (AvgIpc) is 3.57. The summed E-state index contributed by atoms with van der Waals surface area (Å²) >= 11 is 1.68. The van der Waals surface area contributed by atoms with Gasteiger partial charge >= 0.3 is 6.18 Å². The van der Waals surface area contributed by atoms with Crippen molar-refractivity contribution in [1.82, 2.24) is 9.80 Å². The monoisotopic (exact) mass is 498 g/mol. The van der Waals surface area contributed by atoms with Gasteiger partial charge in [0.05, 0.1) is 11.6 Å². The van der Waals surface area contributed by atoms with Crippen LogP contribution >= 0.6 is 11.3 Å². The molecular weight excluding hydrogens is 473 g/mol. The van der Waals surface area contributed by atoms with Gasteiger partial charge in [0.15, 0.2) is 0 Å². The van der Waals surface area contributed by atoms with Crippen molar-refractivity contribution in [3.05, 3.63) is 92.7 Å². The SMILES string of the molecule is Cc1ccccc1C1c2ccsc2CCN1C(=O)CN(C(=O)c1cccc(C(F)(F)F)c1)C1CC1. The largest absolute Gasteiger partial charge is 0.416 e. The molecule has 3 aromatic rings. The molecule has 1 saturated carbocycles. The predicted molar refractivity (Wildman–Crippen MR) is 128 cm³/mol. The normalized spacial score (nSPS) is 17.7. The molecule has 4 nitrogen and oxygen atoms in total. The zero-order chi connectivity index (χ0) is 24.7. The number of benzene rings is 2. The van der Waals surface area contributed by atoms with Gasteiger partial charge in [-0.25, -0.2) is 0 Å². The molecule has 1 aliphatic heterocycles. The quantitative estimate of drug-likeness (QED) is 0.443. The highest BCUT2D eigenvalue weighted by atomic mass is 32.1. The maximum atomic E-state index is 13.7. The first-order valence-corrected chi connectivity index (χ1v) is 12.5. The van der Waals surface area contributed by atoms with E-state index in [0.717, 1.165) is 48.1 Å². The lowest BCUT2D eigenvalue weighted by atomic mass is 9.90. The number of aryl methyl sites for hydroxylation is 1. The van der Waals surface area contributed by atoms with Gasteiger partial charge in [0, 0.05) is 23.0 Å². The molecule has 35 heavy (non-hydrogen) atoms. The molecule has 2 heterocycles. The number of amides is 2. The lowest BCUT2D eigenvalue weighted by Crippen LogP contribution is -2.47. The Morgan fingerprint density at radius 1 is 1.06 bits per heavy atom. The number of hydrogen-bond donors (Lipinski definition) is 0. The fraction of sp³-hybridized carbons (Fsp3) is 0.333. The number of carbonyl (C=O) groups is 2. The van der Waals surface area contributed by atoms with Crippen LogP contribution in [0.1, 0.15) is 56.4 Å². The van der Waals surface area contributed by atoms with E-state index in [1.165, 1.54) is 21.9 Å². The second-order valence-electron chi connectivity index (χ2n) is 9.14. The van der Waals surface area contributed by atoms with Gasteiger partial charge in [-0.2, -0.15) is 13.2 Å². The Balaban J connectivity index is 1.43. The standard InChI is InChI=1S/C27H25F3N2O2S/c1-17-5-2-3-8-21(17)25-22-12-14-35-23(22)11-13-31(25)24(33)16-32(20-9-10-20)26(34)18-6-4-7-19(15-18)27(28,29)30/h2-8,12,14-15,20,25H,9-11,13,16H2,1H3. The number of hydrogen-bond acceptors (Lipinski definition) is 3. The number of nitrogens with zero attached hydrogens (tertiary/aromatic N) is 2. The highest BCUT2D eigenvalue weighted by Gasteiger charge is 2.39. The average molecular weight is 499 g/mol. The number of fused-ring (bicyclic) bond motifs is 1. The summed E-state index contributed by atoms with van der Waals surface area (Å²) in [6.45, 7) is 2.40. The highest BCUT2D eigenvalue weighted by molar-refractivity contribution is 7.10. The van der Waals surface area contributed by atoms with Crippen molar-refractivity contribution in [1.29, 1.82) is 0 Å². The van der Waals surface area contributed by atoms with Crippen LogP contribution in [0, 0.1) is 6.92 Å². The number of thiophene rings is 1. The van der Waals surface area contributed by atoms with Crippen molar-refractivity contribution in [2.45, 2.75) is 44.4 Å².